The van der Waals surface area contributed by atoms with Crippen LogP contribution in [0.25, 0.3) is 0 Å². The largest absolute Gasteiger partial charge is 0.491 e. The summed E-state index contributed by atoms with van der Waals surface area (Å²) in [4.78, 5) is 0. The second-order valence-electron chi connectivity index (χ2n) is 9.33. The SMILES string of the molecule is CCOc1ccc(CCC2CCC(C3CCC(C=C(F)CCF)CC3)CC2)c(F)c1F. The van der Waals surface area contributed by atoms with E-state index >= 15 is 0 Å². The van der Waals surface area contributed by atoms with Crippen LogP contribution in [0.4, 0.5) is 17.6 Å². The third-order valence-corrected chi connectivity index (χ3v) is 7.37. The molecule has 3 rings (SSSR count). The van der Waals surface area contributed by atoms with Gasteiger partial charge in [0.1, 0.15) is 0 Å². The van der Waals surface area contributed by atoms with Crippen molar-refractivity contribution < 1.29 is 22.3 Å². The number of hydrogen-bond donors (Lipinski definition) is 0. The van der Waals surface area contributed by atoms with Gasteiger partial charge in [-0.15, -0.1) is 0 Å². The summed E-state index contributed by atoms with van der Waals surface area (Å²) in [5.74, 6) is 0.327. The minimum atomic E-state index is -0.877. The van der Waals surface area contributed by atoms with Crippen molar-refractivity contribution >= 4 is 0 Å². The topological polar surface area (TPSA) is 9.23 Å². The molecule has 0 bridgehead atoms. The van der Waals surface area contributed by atoms with E-state index in [0.29, 0.717) is 30.4 Å². The lowest BCUT2D eigenvalue weighted by atomic mass is 9.68. The Morgan fingerprint density at radius 1 is 0.968 bits per heavy atom. The Bertz CT molecular complexity index is 716. The lowest BCUT2D eigenvalue weighted by molar-refractivity contribution is 0.152. The molecule has 0 N–H and O–H groups in total. The first-order valence-electron chi connectivity index (χ1n) is 12.0. The molecule has 31 heavy (non-hydrogen) atoms. The molecule has 0 atom stereocenters. The predicted molar refractivity (Wildman–Crippen MR) is 117 cm³/mol. The highest BCUT2D eigenvalue weighted by molar-refractivity contribution is 5.31. The molecular weight excluding hydrogens is 404 g/mol. The molecular formula is C26H36F4O. The summed E-state index contributed by atoms with van der Waals surface area (Å²) < 4.78 is 59.3. The summed E-state index contributed by atoms with van der Waals surface area (Å²) in [5, 5.41) is 0. The molecule has 0 unspecified atom stereocenters. The van der Waals surface area contributed by atoms with E-state index in [2.05, 4.69) is 0 Å². The normalized spacial score (nSPS) is 27.3. The molecule has 0 heterocycles. The highest BCUT2D eigenvalue weighted by atomic mass is 19.2. The minimum absolute atomic E-state index is 0.0142. The van der Waals surface area contributed by atoms with Gasteiger partial charge < -0.3 is 4.74 Å². The fourth-order valence-electron chi connectivity index (χ4n) is 5.55. The van der Waals surface area contributed by atoms with Crippen molar-refractivity contribution in [1.29, 1.82) is 0 Å². The number of aryl methyl sites for hydroxylation is 1. The molecule has 1 aromatic rings. The van der Waals surface area contributed by atoms with Gasteiger partial charge in [-0.1, -0.05) is 18.9 Å². The van der Waals surface area contributed by atoms with Crippen molar-refractivity contribution in [2.45, 2.75) is 77.6 Å². The second kappa shape index (κ2) is 11.9. The lowest BCUT2D eigenvalue weighted by Crippen LogP contribution is -2.25. The van der Waals surface area contributed by atoms with E-state index in [9.17, 15) is 17.6 Å². The Hall–Kier alpha value is -1.52. The van der Waals surface area contributed by atoms with Crippen LogP contribution in [-0.2, 0) is 6.42 Å². The van der Waals surface area contributed by atoms with E-state index in [1.165, 1.54) is 18.9 Å². The summed E-state index contributed by atoms with van der Waals surface area (Å²) >= 11 is 0. The van der Waals surface area contributed by atoms with Crippen LogP contribution in [0.2, 0.25) is 0 Å². The van der Waals surface area contributed by atoms with Crippen molar-refractivity contribution in [3.63, 3.8) is 0 Å². The van der Waals surface area contributed by atoms with Crippen molar-refractivity contribution in [2.75, 3.05) is 13.3 Å². The van der Waals surface area contributed by atoms with E-state index in [-0.39, 0.29) is 23.9 Å². The quantitative estimate of drug-likeness (QED) is 0.352. The molecule has 1 nitrogen and oxygen atoms in total. The number of alkyl halides is 1. The van der Waals surface area contributed by atoms with Gasteiger partial charge in [0.05, 0.1) is 19.1 Å². The number of rotatable bonds is 9. The van der Waals surface area contributed by atoms with Gasteiger partial charge in [-0.05, 0) is 99.7 Å². The van der Waals surface area contributed by atoms with E-state index < -0.39 is 18.3 Å². The maximum absolute atomic E-state index is 14.3. The summed E-state index contributed by atoms with van der Waals surface area (Å²) in [7, 11) is 0. The zero-order valence-electron chi connectivity index (χ0n) is 18.7. The molecule has 0 aromatic heterocycles. The first kappa shape index (κ1) is 24.1. The van der Waals surface area contributed by atoms with Gasteiger partial charge in [0, 0.05) is 6.42 Å². The van der Waals surface area contributed by atoms with Crippen molar-refractivity contribution in [1.82, 2.24) is 0 Å². The van der Waals surface area contributed by atoms with Crippen LogP contribution >= 0.6 is 0 Å². The Balaban J connectivity index is 1.41. The van der Waals surface area contributed by atoms with E-state index in [1.807, 2.05) is 0 Å². The van der Waals surface area contributed by atoms with E-state index in [1.54, 1.807) is 19.1 Å². The Morgan fingerprint density at radius 2 is 1.61 bits per heavy atom. The van der Waals surface area contributed by atoms with Crippen molar-refractivity contribution in [2.24, 2.45) is 23.7 Å². The van der Waals surface area contributed by atoms with Crippen LogP contribution in [0, 0.1) is 35.3 Å². The summed E-state index contributed by atoms with van der Waals surface area (Å²) in [6, 6.07) is 3.18. The maximum atomic E-state index is 14.3. The van der Waals surface area contributed by atoms with Gasteiger partial charge in [0.15, 0.2) is 11.6 Å². The number of benzene rings is 1. The predicted octanol–water partition coefficient (Wildman–Crippen LogP) is 8.12. The molecule has 2 aliphatic rings. The Morgan fingerprint density at radius 3 is 2.23 bits per heavy atom. The number of allylic oxidation sites excluding steroid dienone is 2. The van der Waals surface area contributed by atoms with Crippen LogP contribution in [0.15, 0.2) is 24.0 Å². The van der Waals surface area contributed by atoms with Crippen LogP contribution < -0.4 is 4.74 Å². The van der Waals surface area contributed by atoms with Crippen molar-refractivity contribution in [3.05, 3.63) is 41.2 Å². The highest BCUT2D eigenvalue weighted by Gasteiger charge is 2.30. The average Bonchev–Trinajstić information content (AvgIpc) is 2.78. The third kappa shape index (κ3) is 6.73. The molecule has 0 amide bonds. The Labute approximate surface area is 184 Å². The highest BCUT2D eigenvalue weighted by Crippen LogP contribution is 2.42. The molecule has 0 radical (unpaired) electrons. The smallest absolute Gasteiger partial charge is 0.200 e. The molecule has 2 fully saturated rings. The fraction of sp³-hybridized carbons (Fsp3) is 0.692. The van der Waals surface area contributed by atoms with E-state index in [4.69, 9.17) is 4.74 Å². The third-order valence-electron chi connectivity index (χ3n) is 7.37. The van der Waals surface area contributed by atoms with Gasteiger partial charge in [0.25, 0.3) is 0 Å². The minimum Gasteiger partial charge on any atom is -0.491 e. The fourth-order valence-corrected chi connectivity index (χ4v) is 5.55. The van der Waals surface area contributed by atoms with Gasteiger partial charge in [-0.3, -0.25) is 4.39 Å². The summed E-state index contributed by atoms with van der Waals surface area (Å²) in [5.41, 5.74) is 0.439. The van der Waals surface area contributed by atoms with Crippen LogP contribution in [0.5, 0.6) is 5.75 Å². The zero-order valence-corrected chi connectivity index (χ0v) is 18.7. The lowest BCUT2D eigenvalue weighted by Gasteiger charge is -2.37. The number of hydrogen-bond acceptors (Lipinski definition) is 1. The zero-order chi connectivity index (χ0) is 22.2. The molecule has 0 saturated heterocycles. The van der Waals surface area contributed by atoms with Gasteiger partial charge in [0.2, 0.25) is 5.82 Å². The molecule has 2 saturated carbocycles. The summed E-state index contributed by atoms with van der Waals surface area (Å²) in [6.07, 6.45) is 12.0. The number of halogens is 4. The first-order valence-corrected chi connectivity index (χ1v) is 12.0. The van der Waals surface area contributed by atoms with Crippen LogP contribution in [0.1, 0.15) is 76.7 Å². The molecule has 0 aliphatic heterocycles. The molecule has 174 valence electrons. The van der Waals surface area contributed by atoms with Crippen LogP contribution in [-0.4, -0.2) is 13.3 Å². The average molecular weight is 441 g/mol. The van der Waals surface area contributed by atoms with Gasteiger partial charge in [-0.25, -0.2) is 8.78 Å². The van der Waals surface area contributed by atoms with Gasteiger partial charge in [-0.2, -0.15) is 4.39 Å². The second-order valence-corrected chi connectivity index (χ2v) is 9.33. The molecule has 0 spiro atoms. The maximum Gasteiger partial charge on any atom is 0.200 e. The number of ether oxygens (including phenoxy) is 1. The monoisotopic (exact) mass is 440 g/mol. The molecule has 1 aromatic carbocycles. The molecule has 2 aliphatic carbocycles. The van der Waals surface area contributed by atoms with Crippen LogP contribution in [0.3, 0.4) is 0 Å². The van der Waals surface area contributed by atoms with Gasteiger partial charge >= 0.3 is 0 Å². The Kier molecular flexibility index (Phi) is 9.28. The molecule has 5 heteroatoms. The van der Waals surface area contributed by atoms with E-state index in [0.717, 1.165) is 50.9 Å². The first-order chi connectivity index (χ1) is 15.0. The van der Waals surface area contributed by atoms with Crippen molar-refractivity contribution in [3.8, 4) is 5.75 Å². The standard InChI is InChI=1S/C26H36F4O/c1-2-31-24-14-13-22(25(29)26(24)30)12-5-18-3-8-20(9-4-18)21-10-6-19(7-11-21)17-23(28)15-16-27/h13-14,17-21H,2-12,15-16H2,1H3. The summed E-state index contributed by atoms with van der Waals surface area (Å²) in [6.45, 7) is 1.44.